The Morgan fingerprint density at radius 1 is 1.44 bits per heavy atom. The smallest absolute Gasteiger partial charge is 0.223 e. The molecule has 1 aliphatic rings. The van der Waals surface area contributed by atoms with E-state index >= 15 is 0 Å². The standard InChI is InChI=1S/C17H24FN3O4/c1-2-15(23)20-8-12-9-21(13(10-22)17(12)25)16(24)6-4-11-3-5-14(18)19-7-11/h3,5,7,12-13,17,22,25H,2,4,6,8-10H2,1H3,(H,20,23). The van der Waals surface area contributed by atoms with Gasteiger partial charge in [0.25, 0.3) is 0 Å². The normalized spacial score (nSPS) is 22.9. The highest BCUT2D eigenvalue weighted by atomic mass is 19.1. The van der Waals surface area contributed by atoms with Crippen LogP contribution in [0.3, 0.4) is 0 Å². The number of aromatic nitrogens is 1. The van der Waals surface area contributed by atoms with Crippen molar-refractivity contribution in [2.24, 2.45) is 5.92 Å². The third-order valence-electron chi connectivity index (χ3n) is 4.51. The summed E-state index contributed by atoms with van der Waals surface area (Å²) in [6.07, 6.45) is 1.41. The van der Waals surface area contributed by atoms with Crippen LogP contribution >= 0.6 is 0 Å². The Kier molecular flexibility index (Phi) is 6.83. The lowest BCUT2D eigenvalue weighted by Gasteiger charge is -2.24. The second-order valence-corrected chi connectivity index (χ2v) is 6.19. The van der Waals surface area contributed by atoms with Crippen molar-refractivity contribution >= 4 is 11.8 Å². The SMILES string of the molecule is CCC(=O)NCC1CN(C(=O)CCc2ccc(F)nc2)C(CO)C1O. The Balaban J connectivity index is 1.92. The zero-order valence-electron chi connectivity index (χ0n) is 14.2. The van der Waals surface area contributed by atoms with Gasteiger partial charge in [0.05, 0.1) is 18.8 Å². The fourth-order valence-corrected chi connectivity index (χ4v) is 2.99. The van der Waals surface area contributed by atoms with Crippen molar-refractivity contribution in [3.8, 4) is 0 Å². The number of pyridine rings is 1. The number of nitrogens with one attached hydrogen (secondary N) is 1. The Morgan fingerprint density at radius 2 is 2.20 bits per heavy atom. The summed E-state index contributed by atoms with van der Waals surface area (Å²) >= 11 is 0. The summed E-state index contributed by atoms with van der Waals surface area (Å²) in [6.45, 7) is 1.92. The molecule has 1 fully saturated rings. The molecule has 1 saturated heterocycles. The van der Waals surface area contributed by atoms with Gasteiger partial charge in [-0.15, -0.1) is 0 Å². The molecule has 0 radical (unpaired) electrons. The van der Waals surface area contributed by atoms with Gasteiger partial charge in [-0.3, -0.25) is 9.59 Å². The van der Waals surface area contributed by atoms with Crippen molar-refractivity contribution in [3.05, 3.63) is 29.8 Å². The number of nitrogens with zero attached hydrogens (tertiary/aromatic N) is 2. The minimum atomic E-state index is -0.890. The molecule has 0 spiro atoms. The van der Waals surface area contributed by atoms with Gasteiger partial charge in [0.1, 0.15) is 0 Å². The maximum Gasteiger partial charge on any atom is 0.223 e. The quantitative estimate of drug-likeness (QED) is 0.592. The zero-order chi connectivity index (χ0) is 18.4. The maximum absolute atomic E-state index is 12.8. The van der Waals surface area contributed by atoms with Gasteiger partial charge in [0, 0.05) is 38.0 Å². The largest absolute Gasteiger partial charge is 0.394 e. The van der Waals surface area contributed by atoms with Crippen molar-refractivity contribution in [2.45, 2.75) is 38.3 Å². The van der Waals surface area contributed by atoms with Gasteiger partial charge in [0.15, 0.2) is 0 Å². The van der Waals surface area contributed by atoms with Crippen LogP contribution in [-0.2, 0) is 16.0 Å². The second kappa shape index (κ2) is 8.87. The van der Waals surface area contributed by atoms with Gasteiger partial charge in [0.2, 0.25) is 17.8 Å². The Hall–Kier alpha value is -2.06. The monoisotopic (exact) mass is 353 g/mol. The molecule has 0 bridgehead atoms. The van der Waals surface area contributed by atoms with Gasteiger partial charge < -0.3 is 20.4 Å². The number of carbonyl (C=O) groups is 2. The van der Waals surface area contributed by atoms with E-state index in [0.717, 1.165) is 5.56 Å². The van der Waals surface area contributed by atoms with E-state index in [1.165, 1.54) is 17.2 Å². The molecule has 138 valence electrons. The van der Waals surface area contributed by atoms with E-state index in [9.17, 15) is 24.2 Å². The number of hydrogen-bond donors (Lipinski definition) is 3. The molecule has 2 amide bonds. The summed E-state index contributed by atoms with van der Waals surface area (Å²) in [5.74, 6) is -1.22. The van der Waals surface area contributed by atoms with Crippen LogP contribution < -0.4 is 5.32 Å². The van der Waals surface area contributed by atoms with Gasteiger partial charge in [-0.25, -0.2) is 4.98 Å². The van der Waals surface area contributed by atoms with Crippen LogP contribution in [0.2, 0.25) is 0 Å². The Morgan fingerprint density at radius 3 is 2.80 bits per heavy atom. The van der Waals surface area contributed by atoms with Crippen LogP contribution in [0.5, 0.6) is 0 Å². The second-order valence-electron chi connectivity index (χ2n) is 6.19. The van der Waals surface area contributed by atoms with E-state index in [1.54, 1.807) is 13.0 Å². The van der Waals surface area contributed by atoms with Crippen molar-refractivity contribution in [2.75, 3.05) is 19.7 Å². The van der Waals surface area contributed by atoms with E-state index < -0.39 is 18.1 Å². The number of halogens is 1. The van der Waals surface area contributed by atoms with Crippen LogP contribution in [0.1, 0.15) is 25.3 Å². The molecule has 3 unspecified atom stereocenters. The predicted molar refractivity (Wildman–Crippen MR) is 87.9 cm³/mol. The number of amides is 2. The molecule has 0 aliphatic carbocycles. The molecule has 1 aromatic heterocycles. The van der Waals surface area contributed by atoms with E-state index in [0.29, 0.717) is 12.8 Å². The number of likely N-dealkylation sites (tertiary alicyclic amines) is 1. The topological polar surface area (TPSA) is 103 Å². The molecule has 8 heteroatoms. The molecule has 25 heavy (non-hydrogen) atoms. The molecule has 2 heterocycles. The first-order valence-corrected chi connectivity index (χ1v) is 8.41. The molecule has 2 rings (SSSR count). The summed E-state index contributed by atoms with van der Waals surface area (Å²) in [7, 11) is 0. The van der Waals surface area contributed by atoms with Crippen LogP contribution in [-0.4, -0.2) is 63.8 Å². The third-order valence-corrected chi connectivity index (χ3v) is 4.51. The molecule has 7 nitrogen and oxygen atoms in total. The number of aliphatic hydroxyl groups excluding tert-OH is 2. The zero-order valence-corrected chi connectivity index (χ0v) is 14.2. The van der Waals surface area contributed by atoms with E-state index in [1.807, 2.05) is 0 Å². The Labute approximate surface area is 145 Å². The predicted octanol–water partition coefficient (Wildman–Crippen LogP) is -0.140. The fourth-order valence-electron chi connectivity index (χ4n) is 2.99. The van der Waals surface area contributed by atoms with Crippen LogP contribution in [0.15, 0.2) is 18.3 Å². The first-order chi connectivity index (χ1) is 12.0. The number of aryl methyl sites for hydroxylation is 1. The Bertz CT molecular complexity index is 596. The molecule has 0 aromatic carbocycles. The number of hydrogen-bond acceptors (Lipinski definition) is 5. The van der Waals surface area contributed by atoms with Crippen LogP contribution in [0.4, 0.5) is 4.39 Å². The molecule has 0 saturated carbocycles. The summed E-state index contributed by atoms with van der Waals surface area (Å²) in [5, 5.41) is 22.5. The molecular formula is C17H24FN3O4. The molecule has 3 atom stereocenters. The molecular weight excluding hydrogens is 329 g/mol. The van der Waals surface area contributed by atoms with Crippen LogP contribution in [0, 0.1) is 11.9 Å². The minimum Gasteiger partial charge on any atom is -0.394 e. The average Bonchev–Trinajstić information content (AvgIpc) is 2.94. The van der Waals surface area contributed by atoms with Gasteiger partial charge in [-0.2, -0.15) is 4.39 Å². The van der Waals surface area contributed by atoms with Gasteiger partial charge in [-0.05, 0) is 18.1 Å². The summed E-state index contributed by atoms with van der Waals surface area (Å²) in [5.41, 5.74) is 0.738. The van der Waals surface area contributed by atoms with Crippen LogP contribution in [0.25, 0.3) is 0 Å². The highest BCUT2D eigenvalue weighted by Crippen LogP contribution is 2.24. The van der Waals surface area contributed by atoms with Crippen molar-refractivity contribution in [1.29, 1.82) is 0 Å². The highest BCUT2D eigenvalue weighted by Gasteiger charge is 2.42. The number of rotatable bonds is 7. The molecule has 1 aromatic rings. The van der Waals surface area contributed by atoms with E-state index in [2.05, 4.69) is 10.3 Å². The highest BCUT2D eigenvalue weighted by molar-refractivity contribution is 5.77. The lowest BCUT2D eigenvalue weighted by molar-refractivity contribution is -0.133. The lowest BCUT2D eigenvalue weighted by atomic mass is 10.0. The number of aliphatic hydroxyl groups is 2. The summed E-state index contributed by atoms with van der Waals surface area (Å²) < 4.78 is 12.8. The summed E-state index contributed by atoms with van der Waals surface area (Å²) in [6, 6.07) is 2.13. The average molecular weight is 353 g/mol. The fraction of sp³-hybridized carbons (Fsp3) is 0.588. The van der Waals surface area contributed by atoms with E-state index in [4.69, 9.17) is 0 Å². The van der Waals surface area contributed by atoms with E-state index in [-0.39, 0.29) is 43.8 Å². The molecule has 1 aliphatic heterocycles. The lowest BCUT2D eigenvalue weighted by Crippen LogP contribution is -2.42. The maximum atomic E-state index is 12.8. The first-order valence-electron chi connectivity index (χ1n) is 8.41. The van der Waals surface area contributed by atoms with Gasteiger partial charge in [-0.1, -0.05) is 13.0 Å². The number of carbonyl (C=O) groups excluding carboxylic acids is 2. The van der Waals surface area contributed by atoms with Gasteiger partial charge >= 0.3 is 0 Å². The van der Waals surface area contributed by atoms with Crippen molar-refractivity contribution in [1.82, 2.24) is 15.2 Å². The third kappa shape index (κ3) is 4.96. The molecule has 3 N–H and O–H groups in total. The van der Waals surface area contributed by atoms with Crippen molar-refractivity contribution in [3.63, 3.8) is 0 Å². The first kappa shape index (κ1) is 19.3. The van der Waals surface area contributed by atoms with Crippen molar-refractivity contribution < 1.29 is 24.2 Å². The minimum absolute atomic E-state index is 0.124. The summed E-state index contributed by atoms with van der Waals surface area (Å²) in [4.78, 5) is 28.8.